The number of aryl methyl sites for hydroxylation is 1. The fraction of sp³-hybridized carbons (Fsp3) is 0.333. The van der Waals surface area contributed by atoms with Crippen LogP contribution in [0.4, 0.5) is 5.69 Å². The highest BCUT2D eigenvalue weighted by Crippen LogP contribution is 2.31. The largest absolute Gasteiger partial charge is 0.467 e. The van der Waals surface area contributed by atoms with Crippen LogP contribution in [-0.4, -0.2) is 27.4 Å². The number of furan rings is 1. The number of hydrogen-bond donors (Lipinski definition) is 1. The van der Waals surface area contributed by atoms with Gasteiger partial charge in [0.15, 0.2) is 11.7 Å². The molecule has 1 aliphatic rings. The molecule has 0 radical (unpaired) electrons. The van der Waals surface area contributed by atoms with Crippen molar-refractivity contribution in [1.82, 2.24) is 14.9 Å². The van der Waals surface area contributed by atoms with Gasteiger partial charge in [0, 0.05) is 17.1 Å². The Morgan fingerprint density at radius 1 is 1.21 bits per heavy atom. The summed E-state index contributed by atoms with van der Waals surface area (Å²) >= 11 is 1.09. The van der Waals surface area contributed by atoms with E-state index in [9.17, 15) is 9.59 Å². The average molecular weight is 410 g/mol. The van der Waals surface area contributed by atoms with E-state index in [4.69, 9.17) is 4.42 Å². The number of benzene rings is 1. The van der Waals surface area contributed by atoms with E-state index in [0.717, 1.165) is 42.8 Å². The van der Waals surface area contributed by atoms with Crippen LogP contribution in [-0.2, 0) is 4.79 Å². The maximum absolute atomic E-state index is 13.4. The van der Waals surface area contributed by atoms with Gasteiger partial charge in [0.1, 0.15) is 5.76 Å². The van der Waals surface area contributed by atoms with Crippen molar-refractivity contribution in [2.24, 2.45) is 0 Å². The Morgan fingerprint density at radius 2 is 1.97 bits per heavy atom. The van der Waals surface area contributed by atoms with E-state index >= 15 is 0 Å². The third kappa shape index (κ3) is 4.22. The zero-order valence-electron chi connectivity index (χ0n) is 16.1. The Labute approximate surface area is 172 Å². The SMILES string of the molecule is Cc1ccc(N(C(=O)c2csnn2)[C@@H](C(=O)NC2CCCC2)c2ccco2)cc1. The fourth-order valence-electron chi connectivity index (χ4n) is 3.64. The Balaban J connectivity index is 1.75. The first-order valence-electron chi connectivity index (χ1n) is 9.64. The maximum Gasteiger partial charge on any atom is 0.280 e. The van der Waals surface area contributed by atoms with Gasteiger partial charge in [0.05, 0.1) is 6.26 Å². The molecule has 1 fully saturated rings. The summed E-state index contributed by atoms with van der Waals surface area (Å²) in [7, 11) is 0. The molecule has 7 nitrogen and oxygen atoms in total. The van der Waals surface area contributed by atoms with Gasteiger partial charge >= 0.3 is 0 Å². The first-order chi connectivity index (χ1) is 14.1. The summed E-state index contributed by atoms with van der Waals surface area (Å²) in [4.78, 5) is 28.2. The van der Waals surface area contributed by atoms with E-state index in [1.165, 1.54) is 11.2 Å². The summed E-state index contributed by atoms with van der Waals surface area (Å²) in [5.41, 5.74) is 1.85. The number of carbonyl (C=O) groups excluding carboxylic acids is 2. The van der Waals surface area contributed by atoms with E-state index in [-0.39, 0.29) is 17.6 Å². The van der Waals surface area contributed by atoms with Crippen LogP contribution in [0.3, 0.4) is 0 Å². The molecule has 2 amide bonds. The van der Waals surface area contributed by atoms with Crippen molar-refractivity contribution in [1.29, 1.82) is 0 Å². The van der Waals surface area contributed by atoms with E-state index in [1.54, 1.807) is 17.5 Å². The third-order valence-electron chi connectivity index (χ3n) is 5.13. The predicted octanol–water partition coefficient (Wildman–Crippen LogP) is 3.89. The van der Waals surface area contributed by atoms with Crippen molar-refractivity contribution in [3.8, 4) is 0 Å². The standard InChI is InChI=1S/C21H22N4O3S/c1-14-8-10-16(11-9-14)25(21(27)17-13-29-24-23-17)19(18-7-4-12-28-18)20(26)22-15-5-2-3-6-15/h4,7-13,15,19H,2-3,5-6H2,1H3,(H,22,26)/t19-/m1/s1. The van der Waals surface area contributed by atoms with Crippen LogP contribution in [0.5, 0.6) is 0 Å². The Bertz CT molecular complexity index is 948. The minimum absolute atomic E-state index is 0.121. The topological polar surface area (TPSA) is 88.3 Å². The lowest BCUT2D eigenvalue weighted by atomic mass is 10.1. The summed E-state index contributed by atoms with van der Waals surface area (Å²) in [5.74, 6) is -0.257. The molecule has 3 aromatic rings. The number of nitrogens with one attached hydrogen (secondary N) is 1. The van der Waals surface area contributed by atoms with Crippen molar-refractivity contribution in [2.45, 2.75) is 44.7 Å². The van der Waals surface area contributed by atoms with Gasteiger partial charge in [-0.25, -0.2) is 0 Å². The van der Waals surface area contributed by atoms with Crippen LogP contribution < -0.4 is 10.2 Å². The molecule has 2 aromatic heterocycles. The number of nitrogens with zero attached hydrogens (tertiary/aromatic N) is 3. The van der Waals surface area contributed by atoms with E-state index in [0.29, 0.717) is 11.4 Å². The van der Waals surface area contributed by atoms with Gasteiger partial charge in [-0.15, -0.1) is 5.10 Å². The molecule has 1 aromatic carbocycles. The summed E-state index contributed by atoms with van der Waals surface area (Å²) < 4.78 is 9.39. The highest BCUT2D eigenvalue weighted by Gasteiger charge is 2.37. The first-order valence-corrected chi connectivity index (χ1v) is 10.5. The monoisotopic (exact) mass is 410 g/mol. The van der Waals surface area contributed by atoms with Crippen molar-refractivity contribution in [3.05, 3.63) is 65.1 Å². The summed E-state index contributed by atoms with van der Waals surface area (Å²) in [6, 6.07) is 10.1. The van der Waals surface area contributed by atoms with Crippen molar-refractivity contribution >= 4 is 29.0 Å². The average Bonchev–Trinajstić information content (AvgIpc) is 3.49. The molecule has 150 valence electrons. The number of hydrogen-bond acceptors (Lipinski definition) is 6. The van der Waals surface area contributed by atoms with Gasteiger partial charge in [0.25, 0.3) is 11.8 Å². The molecule has 0 aliphatic heterocycles. The van der Waals surface area contributed by atoms with Crippen molar-refractivity contribution < 1.29 is 14.0 Å². The van der Waals surface area contributed by atoms with E-state index in [2.05, 4.69) is 14.9 Å². The molecular formula is C21H22N4O3S. The summed E-state index contributed by atoms with van der Waals surface area (Å²) in [6.07, 6.45) is 5.60. The number of anilines is 1. The lowest BCUT2D eigenvalue weighted by molar-refractivity contribution is -0.123. The molecular weight excluding hydrogens is 388 g/mol. The normalized spacial score (nSPS) is 15.2. The van der Waals surface area contributed by atoms with Gasteiger partial charge in [-0.3, -0.25) is 14.5 Å². The lowest BCUT2D eigenvalue weighted by Gasteiger charge is -2.30. The molecule has 0 saturated heterocycles. The molecule has 0 bridgehead atoms. The van der Waals surface area contributed by atoms with Crippen LogP contribution in [0.15, 0.2) is 52.5 Å². The first kappa shape index (κ1) is 19.3. The third-order valence-corrected chi connectivity index (χ3v) is 5.64. The molecule has 1 aliphatic carbocycles. The predicted molar refractivity (Wildman–Crippen MR) is 110 cm³/mol. The van der Waals surface area contributed by atoms with Gasteiger partial charge in [-0.1, -0.05) is 35.0 Å². The number of aromatic nitrogens is 2. The second kappa shape index (κ2) is 8.57. The zero-order chi connectivity index (χ0) is 20.2. The van der Waals surface area contributed by atoms with E-state index in [1.807, 2.05) is 31.2 Å². The molecule has 1 saturated carbocycles. The zero-order valence-corrected chi connectivity index (χ0v) is 16.9. The number of rotatable bonds is 6. The van der Waals surface area contributed by atoms with E-state index < -0.39 is 11.9 Å². The molecule has 2 heterocycles. The van der Waals surface area contributed by atoms with Crippen LogP contribution in [0, 0.1) is 6.92 Å². The highest BCUT2D eigenvalue weighted by molar-refractivity contribution is 7.03. The summed E-state index contributed by atoms with van der Waals surface area (Å²) in [5, 5.41) is 8.61. The minimum Gasteiger partial charge on any atom is -0.467 e. The maximum atomic E-state index is 13.4. The molecule has 29 heavy (non-hydrogen) atoms. The van der Waals surface area contributed by atoms with Crippen molar-refractivity contribution in [2.75, 3.05) is 4.90 Å². The summed E-state index contributed by atoms with van der Waals surface area (Å²) in [6.45, 7) is 1.97. The Hall–Kier alpha value is -3.00. The molecule has 4 rings (SSSR count). The minimum atomic E-state index is -0.942. The van der Waals surface area contributed by atoms with Crippen LogP contribution in [0.25, 0.3) is 0 Å². The Kier molecular flexibility index (Phi) is 5.71. The van der Waals surface area contributed by atoms with Gasteiger partial charge < -0.3 is 9.73 Å². The van der Waals surface area contributed by atoms with Gasteiger partial charge in [-0.2, -0.15) is 0 Å². The quantitative estimate of drug-likeness (QED) is 0.666. The molecule has 1 N–H and O–H groups in total. The highest BCUT2D eigenvalue weighted by atomic mass is 32.1. The van der Waals surface area contributed by atoms with Crippen LogP contribution in [0.1, 0.15) is 53.5 Å². The van der Waals surface area contributed by atoms with Crippen LogP contribution in [0.2, 0.25) is 0 Å². The second-order valence-corrected chi connectivity index (χ2v) is 7.82. The Morgan fingerprint density at radius 3 is 2.59 bits per heavy atom. The lowest BCUT2D eigenvalue weighted by Crippen LogP contribution is -2.46. The molecule has 0 unspecified atom stereocenters. The van der Waals surface area contributed by atoms with Crippen molar-refractivity contribution in [3.63, 3.8) is 0 Å². The van der Waals surface area contributed by atoms with Crippen LogP contribution >= 0.6 is 11.5 Å². The number of amides is 2. The number of carbonyl (C=O) groups is 2. The second-order valence-electron chi connectivity index (χ2n) is 7.21. The van der Waals surface area contributed by atoms with Gasteiger partial charge in [-0.05, 0) is 55.6 Å². The molecule has 8 heteroatoms. The fourth-order valence-corrected chi connectivity index (χ4v) is 4.07. The smallest absolute Gasteiger partial charge is 0.280 e. The van der Waals surface area contributed by atoms with Gasteiger partial charge in [0.2, 0.25) is 0 Å². The molecule has 1 atom stereocenters. The molecule has 0 spiro atoms.